The predicted octanol–water partition coefficient (Wildman–Crippen LogP) is 11.8. The van der Waals surface area contributed by atoms with Crippen LogP contribution in [0.1, 0.15) is 171 Å². The third kappa shape index (κ3) is 7.48. The van der Waals surface area contributed by atoms with Gasteiger partial charge < -0.3 is 18.9 Å². The molecular formula is C52H76N6O4. The Morgan fingerprint density at radius 2 is 1.03 bits per heavy atom. The van der Waals surface area contributed by atoms with Gasteiger partial charge in [-0.1, -0.05) is 83.0 Å². The molecule has 0 radical (unpaired) electrons. The van der Waals surface area contributed by atoms with E-state index in [0.717, 1.165) is 63.0 Å². The molecule has 9 rings (SSSR count). The Morgan fingerprint density at radius 1 is 0.597 bits per heavy atom. The standard InChI is InChI=1S/C52H76N6O4/c1-37-16-18-43-45(3,4)20-12-22-49(43,9)51(37)26-24-47(7,61-51)28-30-57-33-39(53-55-57)35-59-41-14-11-15-42(32-41)60-36-40-34-58(56-54-40)31-29-48(8)25-27-52(62-48)38(2)17-19-44-46(5,6)21-13-23-50(44,52)10/h11,14-17,32-34,43-44H,12-13,18-31,35-36H2,1-10H3/t43-,44-,47-,48-,49-,50-,51+,52+/m0/s1. The van der Waals surface area contributed by atoms with Gasteiger partial charge in [0.15, 0.2) is 0 Å². The third-order valence-corrected chi connectivity index (χ3v) is 18.2. The van der Waals surface area contributed by atoms with Gasteiger partial charge in [0.25, 0.3) is 0 Å². The lowest BCUT2D eigenvalue weighted by Crippen LogP contribution is -2.59. The summed E-state index contributed by atoms with van der Waals surface area (Å²) in [5, 5.41) is 17.8. The van der Waals surface area contributed by atoms with Crippen molar-refractivity contribution in [2.45, 2.75) is 208 Å². The average molecular weight is 849 g/mol. The van der Waals surface area contributed by atoms with Crippen LogP contribution < -0.4 is 9.47 Å². The number of aryl methyl sites for hydroxylation is 2. The molecule has 2 saturated carbocycles. The predicted molar refractivity (Wildman–Crippen MR) is 242 cm³/mol. The maximum atomic E-state index is 7.34. The molecule has 3 aromatic rings. The average Bonchev–Trinajstić information content (AvgIpc) is 4.03. The Balaban J connectivity index is 0.744. The van der Waals surface area contributed by atoms with E-state index in [0.29, 0.717) is 47.4 Å². The highest BCUT2D eigenvalue weighted by Gasteiger charge is 2.66. The van der Waals surface area contributed by atoms with Crippen LogP contribution in [0.15, 0.2) is 60.0 Å². The van der Waals surface area contributed by atoms with Gasteiger partial charge in [0.05, 0.1) is 34.8 Å². The zero-order chi connectivity index (χ0) is 43.8. The number of hydrogen-bond donors (Lipinski definition) is 0. The van der Waals surface area contributed by atoms with Crippen molar-refractivity contribution in [3.8, 4) is 11.5 Å². The van der Waals surface area contributed by atoms with Gasteiger partial charge in [0.1, 0.15) is 36.1 Å². The molecule has 6 aliphatic rings. The van der Waals surface area contributed by atoms with E-state index in [1.54, 1.807) is 0 Å². The fourth-order valence-corrected chi connectivity index (χ4v) is 14.5. The first kappa shape index (κ1) is 43.7. The highest BCUT2D eigenvalue weighted by atomic mass is 16.5. The summed E-state index contributed by atoms with van der Waals surface area (Å²) in [5.74, 6) is 2.73. The minimum Gasteiger partial charge on any atom is -0.487 e. The van der Waals surface area contributed by atoms with E-state index in [-0.39, 0.29) is 33.2 Å². The molecule has 0 unspecified atom stereocenters. The largest absolute Gasteiger partial charge is 0.487 e. The lowest BCUT2D eigenvalue weighted by atomic mass is 9.46. The number of allylic oxidation sites excluding steroid dienone is 2. The number of hydrogen-bond acceptors (Lipinski definition) is 8. The molecule has 4 heterocycles. The van der Waals surface area contributed by atoms with E-state index in [1.165, 1.54) is 62.5 Å². The van der Waals surface area contributed by atoms with Crippen molar-refractivity contribution in [2.24, 2.45) is 33.5 Å². The first-order valence-corrected chi connectivity index (χ1v) is 24.2. The molecule has 0 amide bonds. The van der Waals surface area contributed by atoms with Gasteiger partial charge in [-0.25, -0.2) is 0 Å². The van der Waals surface area contributed by atoms with Gasteiger partial charge >= 0.3 is 0 Å². The molecule has 2 spiro atoms. The van der Waals surface area contributed by atoms with Gasteiger partial charge in [0.2, 0.25) is 0 Å². The van der Waals surface area contributed by atoms with E-state index in [2.05, 4.69) is 102 Å². The van der Waals surface area contributed by atoms with Crippen LogP contribution in [0.5, 0.6) is 11.5 Å². The first-order chi connectivity index (χ1) is 29.3. The Morgan fingerprint density at radius 3 is 1.47 bits per heavy atom. The zero-order valence-electron chi connectivity index (χ0n) is 39.8. The lowest BCUT2D eigenvalue weighted by Gasteiger charge is -2.61. The SMILES string of the molecule is CC1=CC[C@H]2C(C)(C)CCC[C@]2(C)[C@@]12CC[C@@](C)(CCn1cc(COc3cccc(OCc4cn(CC[C@]5(C)CC[C@@]6(O5)C(C)=CC[C@H]5C(C)(C)CCC[C@@]56C)nn4)c3)nn1)O2. The van der Waals surface area contributed by atoms with Crippen molar-refractivity contribution in [3.05, 3.63) is 71.3 Å². The molecule has 62 heavy (non-hydrogen) atoms. The van der Waals surface area contributed by atoms with Gasteiger partial charge in [0, 0.05) is 30.0 Å². The molecule has 4 fully saturated rings. The second-order valence-corrected chi connectivity index (χ2v) is 23.1. The summed E-state index contributed by atoms with van der Waals surface area (Å²) >= 11 is 0. The molecular weight excluding hydrogens is 773 g/mol. The molecule has 0 N–H and O–H groups in total. The molecule has 2 aliphatic heterocycles. The van der Waals surface area contributed by atoms with E-state index in [4.69, 9.17) is 18.9 Å². The van der Waals surface area contributed by atoms with Crippen molar-refractivity contribution in [1.29, 1.82) is 0 Å². The van der Waals surface area contributed by atoms with Gasteiger partial charge in [-0.3, -0.25) is 9.36 Å². The van der Waals surface area contributed by atoms with Crippen LogP contribution in [0.4, 0.5) is 0 Å². The molecule has 10 heteroatoms. The van der Waals surface area contributed by atoms with Gasteiger partial charge in [-0.2, -0.15) is 0 Å². The van der Waals surface area contributed by atoms with Crippen LogP contribution in [-0.2, 0) is 35.8 Å². The Kier molecular flexibility index (Phi) is 11.0. The molecule has 0 bridgehead atoms. The number of benzene rings is 1. The number of fused-ring (bicyclic) bond motifs is 4. The first-order valence-electron chi connectivity index (χ1n) is 24.2. The summed E-state index contributed by atoms with van der Waals surface area (Å²) in [6, 6.07) is 7.75. The number of ether oxygens (including phenoxy) is 4. The molecule has 2 aromatic heterocycles. The molecule has 8 atom stereocenters. The number of nitrogens with zero attached hydrogens (tertiary/aromatic N) is 6. The van der Waals surface area contributed by atoms with Crippen molar-refractivity contribution in [2.75, 3.05) is 0 Å². The van der Waals surface area contributed by atoms with Crippen molar-refractivity contribution >= 4 is 0 Å². The van der Waals surface area contributed by atoms with E-state index in [9.17, 15) is 0 Å². The fraction of sp³-hybridized carbons (Fsp3) is 0.731. The summed E-state index contributed by atoms with van der Waals surface area (Å²) in [7, 11) is 0. The third-order valence-electron chi connectivity index (χ3n) is 18.2. The fourth-order valence-electron chi connectivity index (χ4n) is 14.5. The number of rotatable bonds is 12. The summed E-state index contributed by atoms with van der Waals surface area (Å²) in [5.41, 5.74) is 4.76. The van der Waals surface area contributed by atoms with Gasteiger partial charge in [-0.05, 0) is 151 Å². The minimum absolute atomic E-state index is 0.168. The summed E-state index contributed by atoms with van der Waals surface area (Å²) in [4.78, 5) is 0. The molecule has 1 aromatic carbocycles. The Hall–Kier alpha value is -3.50. The highest BCUT2D eigenvalue weighted by Crippen LogP contribution is 2.68. The molecule has 4 aliphatic carbocycles. The second-order valence-electron chi connectivity index (χ2n) is 23.1. The summed E-state index contributed by atoms with van der Waals surface area (Å²) < 4.78 is 30.9. The monoisotopic (exact) mass is 849 g/mol. The number of aromatic nitrogens is 6. The van der Waals surface area contributed by atoms with Crippen molar-refractivity contribution < 1.29 is 18.9 Å². The Bertz CT molecular complexity index is 2040. The van der Waals surface area contributed by atoms with Crippen molar-refractivity contribution in [1.82, 2.24) is 30.0 Å². The van der Waals surface area contributed by atoms with Crippen LogP contribution >= 0.6 is 0 Å². The minimum atomic E-state index is -0.202. The van der Waals surface area contributed by atoms with E-state index >= 15 is 0 Å². The lowest BCUT2D eigenvalue weighted by molar-refractivity contribution is -0.190. The topological polar surface area (TPSA) is 98.3 Å². The molecule has 338 valence electrons. The van der Waals surface area contributed by atoms with Crippen LogP contribution in [0.2, 0.25) is 0 Å². The zero-order valence-corrected chi connectivity index (χ0v) is 39.8. The maximum absolute atomic E-state index is 7.34. The normalized spacial score (nSPS) is 37.2. The van der Waals surface area contributed by atoms with E-state index < -0.39 is 0 Å². The second kappa shape index (κ2) is 15.6. The summed E-state index contributed by atoms with van der Waals surface area (Å²) in [6.45, 7) is 26.5. The van der Waals surface area contributed by atoms with Crippen molar-refractivity contribution in [3.63, 3.8) is 0 Å². The Labute approximate surface area is 372 Å². The van der Waals surface area contributed by atoms with Crippen LogP contribution in [0.25, 0.3) is 0 Å². The van der Waals surface area contributed by atoms with Crippen LogP contribution in [0, 0.1) is 33.5 Å². The quantitative estimate of drug-likeness (QED) is 0.166. The molecule has 10 nitrogen and oxygen atoms in total. The summed E-state index contributed by atoms with van der Waals surface area (Å²) in [6.07, 6.45) is 25.2. The highest BCUT2D eigenvalue weighted by molar-refractivity contribution is 5.34. The van der Waals surface area contributed by atoms with Crippen LogP contribution in [0.3, 0.4) is 0 Å². The smallest absolute Gasteiger partial charge is 0.134 e. The molecule has 2 saturated heterocycles. The van der Waals surface area contributed by atoms with Crippen LogP contribution in [-0.4, -0.2) is 52.4 Å². The maximum Gasteiger partial charge on any atom is 0.134 e. The van der Waals surface area contributed by atoms with Gasteiger partial charge in [-0.15, -0.1) is 10.2 Å². The van der Waals surface area contributed by atoms with E-state index in [1.807, 2.05) is 46.0 Å².